The summed E-state index contributed by atoms with van der Waals surface area (Å²) >= 11 is 1.70. The van der Waals surface area contributed by atoms with Gasteiger partial charge in [0.05, 0.1) is 16.9 Å². The zero-order chi connectivity index (χ0) is 21.8. The van der Waals surface area contributed by atoms with Crippen LogP contribution in [0.25, 0.3) is 0 Å². The molecule has 31 heavy (non-hydrogen) atoms. The summed E-state index contributed by atoms with van der Waals surface area (Å²) in [6, 6.07) is 9.14. The number of rotatable bonds is 7. The van der Waals surface area contributed by atoms with E-state index >= 15 is 0 Å². The van der Waals surface area contributed by atoms with E-state index in [1.807, 2.05) is 6.07 Å². The molecule has 0 unspecified atom stereocenters. The minimum Gasteiger partial charge on any atom is -0.354 e. The van der Waals surface area contributed by atoms with Gasteiger partial charge >= 0.3 is 0 Å². The number of hydrogen-bond acceptors (Lipinski definition) is 5. The number of piperidine rings is 1. The Morgan fingerprint density at radius 1 is 1.13 bits per heavy atom. The van der Waals surface area contributed by atoms with Gasteiger partial charge in [-0.2, -0.15) is 4.31 Å². The van der Waals surface area contributed by atoms with Crippen LogP contribution in [0.15, 0.2) is 46.7 Å². The van der Waals surface area contributed by atoms with Gasteiger partial charge < -0.3 is 5.32 Å². The molecule has 1 N–H and O–H groups in total. The van der Waals surface area contributed by atoms with Crippen LogP contribution >= 0.6 is 11.3 Å². The van der Waals surface area contributed by atoms with Crippen LogP contribution < -0.4 is 5.32 Å². The Bertz CT molecular complexity index is 974. The van der Waals surface area contributed by atoms with Crippen molar-refractivity contribution in [2.24, 2.45) is 5.92 Å². The van der Waals surface area contributed by atoms with Crippen LogP contribution in [0.3, 0.4) is 0 Å². The molecular formula is C22H28FN3O3S2. The molecule has 4 rings (SSSR count). The van der Waals surface area contributed by atoms with Crippen molar-refractivity contribution in [1.29, 1.82) is 0 Å². The van der Waals surface area contributed by atoms with Crippen molar-refractivity contribution in [2.45, 2.75) is 36.6 Å². The topological polar surface area (TPSA) is 69.7 Å². The van der Waals surface area contributed by atoms with Crippen LogP contribution in [-0.2, 0) is 14.8 Å². The molecular weight excluding hydrogens is 437 g/mol. The Kier molecular flexibility index (Phi) is 7.05. The van der Waals surface area contributed by atoms with E-state index in [9.17, 15) is 17.6 Å². The Labute approximate surface area is 187 Å². The van der Waals surface area contributed by atoms with Gasteiger partial charge in [-0.1, -0.05) is 6.07 Å². The predicted molar refractivity (Wildman–Crippen MR) is 119 cm³/mol. The number of halogens is 1. The van der Waals surface area contributed by atoms with Crippen molar-refractivity contribution in [3.63, 3.8) is 0 Å². The molecule has 1 aromatic heterocycles. The number of likely N-dealkylation sites (tertiary alicyclic amines) is 1. The Morgan fingerprint density at radius 3 is 2.55 bits per heavy atom. The molecule has 1 amide bonds. The summed E-state index contributed by atoms with van der Waals surface area (Å²) in [7, 11) is -3.74. The second-order valence-corrected chi connectivity index (χ2v) is 11.1. The van der Waals surface area contributed by atoms with Crippen molar-refractivity contribution in [2.75, 3.05) is 32.7 Å². The number of benzene rings is 1. The zero-order valence-electron chi connectivity index (χ0n) is 17.4. The van der Waals surface area contributed by atoms with Gasteiger partial charge in [0.2, 0.25) is 15.9 Å². The van der Waals surface area contributed by atoms with Crippen LogP contribution in [0.4, 0.5) is 4.39 Å². The van der Waals surface area contributed by atoms with Gasteiger partial charge in [0, 0.05) is 24.5 Å². The van der Waals surface area contributed by atoms with Crippen LogP contribution in [-0.4, -0.2) is 56.3 Å². The highest BCUT2D eigenvalue weighted by Gasteiger charge is 2.34. The molecule has 2 aromatic rings. The lowest BCUT2D eigenvalue weighted by molar-refractivity contribution is -0.126. The maximum Gasteiger partial charge on any atom is 0.243 e. The van der Waals surface area contributed by atoms with Gasteiger partial charge in [-0.05, 0) is 74.5 Å². The summed E-state index contributed by atoms with van der Waals surface area (Å²) in [6.07, 6.45) is 3.64. The summed E-state index contributed by atoms with van der Waals surface area (Å²) in [5, 5.41) is 5.15. The quantitative estimate of drug-likeness (QED) is 0.682. The molecule has 3 heterocycles. The highest BCUT2D eigenvalue weighted by atomic mass is 32.2. The summed E-state index contributed by atoms with van der Waals surface area (Å²) in [5.74, 6) is -0.959. The fraction of sp³-hybridized carbons (Fsp3) is 0.500. The molecule has 2 fully saturated rings. The van der Waals surface area contributed by atoms with E-state index in [2.05, 4.69) is 21.7 Å². The lowest BCUT2D eigenvalue weighted by Gasteiger charge is -2.32. The van der Waals surface area contributed by atoms with E-state index in [0.717, 1.165) is 25.2 Å². The largest absolute Gasteiger partial charge is 0.354 e. The van der Waals surface area contributed by atoms with Gasteiger partial charge in [-0.3, -0.25) is 9.69 Å². The van der Waals surface area contributed by atoms with Gasteiger partial charge in [0.1, 0.15) is 5.82 Å². The maximum atomic E-state index is 13.2. The first kappa shape index (κ1) is 22.4. The summed E-state index contributed by atoms with van der Waals surface area (Å²) in [4.78, 5) is 16.7. The third-order valence-corrected chi connectivity index (χ3v) is 8.98. The van der Waals surface area contributed by atoms with E-state index < -0.39 is 15.8 Å². The monoisotopic (exact) mass is 465 g/mol. The van der Waals surface area contributed by atoms with E-state index in [4.69, 9.17) is 0 Å². The fourth-order valence-corrected chi connectivity index (χ4v) is 6.80. The average molecular weight is 466 g/mol. The molecule has 1 aromatic carbocycles. The highest BCUT2D eigenvalue weighted by molar-refractivity contribution is 7.89. The van der Waals surface area contributed by atoms with Gasteiger partial charge in [-0.25, -0.2) is 12.8 Å². The molecule has 6 nitrogen and oxygen atoms in total. The molecule has 2 aliphatic heterocycles. The first-order valence-electron chi connectivity index (χ1n) is 10.8. The molecule has 2 aliphatic rings. The molecule has 0 spiro atoms. The maximum absolute atomic E-state index is 13.2. The Morgan fingerprint density at radius 2 is 1.87 bits per heavy atom. The number of carbonyl (C=O) groups is 1. The molecule has 0 aliphatic carbocycles. The van der Waals surface area contributed by atoms with Crippen LogP contribution in [0.1, 0.15) is 36.6 Å². The van der Waals surface area contributed by atoms with Crippen molar-refractivity contribution in [3.8, 4) is 0 Å². The van der Waals surface area contributed by atoms with Gasteiger partial charge in [-0.15, -0.1) is 11.3 Å². The SMILES string of the molecule is O=C(NC[C@H](c1cccs1)N1CCCC1)[C@H]1CCCN(S(=O)(=O)c2ccc(F)cc2)C1. The summed E-state index contributed by atoms with van der Waals surface area (Å²) < 4.78 is 40.4. The Hall–Kier alpha value is -1.81. The third kappa shape index (κ3) is 5.16. The number of carbonyl (C=O) groups excluding carboxylic acids is 1. The van der Waals surface area contributed by atoms with Crippen LogP contribution in [0.5, 0.6) is 0 Å². The second-order valence-electron chi connectivity index (χ2n) is 8.18. The highest BCUT2D eigenvalue weighted by Crippen LogP contribution is 2.29. The molecule has 2 atom stereocenters. The zero-order valence-corrected chi connectivity index (χ0v) is 19.0. The average Bonchev–Trinajstić information content (AvgIpc) is 3.49. The van der Waals surface area contributed by atoms with Crippen molar-refractivity contribution in [3.05, 3.63) is 52.5 Å². The lowest BCUT2D eigenvalue weighted by atomic mass is 9.98. The minimum atomic E-state index is -3.74. The van der Waals surface area contributed by atoms with E-state index in [1.54, 1.807) is 11.3 Å². The van der Waals surface area contributed by atoms with E-state index in [0.29, 0.717) is 25.9 Å². The minimum absolute atomic E-state index is 0.0572. The molecule has 2 saturated heterocycles. The van der Waals surface area contributed by atoms with Crippen LogP contribution in [0, 0.1) is 11.7 Å². The molecule has 0 bridgehead atoms. The summed E-state index contributed by atoms with van der Waals surface area (Å²) in [5.41, 5.74) is 0. The molecule has 0 saturated carbocycles. The summed E-state index contributed by atoms with van der Waals surface area (Å²) in [6.45, 7) is 3.12. The van der Waals surface area contributed by atoms with Gasteiger partial charge in [0.15, 0.2) is 0 Å². The number of amides is 1. The van der Waals surface area contributed by atoms with Crippen molar-refractivity contribution >= 4 is 27.3 Å². The predicted octanol–water partition coefficient (Wildman–Crippen LogP) is 3.24. The van der Waals surface area contributed by atoms with Crippen LogP contribution in [0.2, 0.25) is 0 Å². The van der Waals surface area contributed by atoms with Crippen molar-refractivity contribution < 1.29 is 17.6 Å². The standard InChI is InChI=1S/C22H28FN3O3S2/c23-18-7-9-19(10-8-18)31(28,29)26-13-3-5-17(16-26)22(27)24-15-20(21-6-4-14-30-21)25-11-1-2-12-25/h4,6-10,14,17,20H,1-3,5,11-13,15-16H2,(H,24,27)/t17-,20+/m0/s1. The molecule has 9 heteroatoms. The smallest absolute Gasteiger partial charge is 0.243 e. The van der Waals surface area contributed by atoms with E-state index in [-0.39, 0.29) is 29.3 Å². The second kappa shape index (κ2) is 9.77. The van der Waals surface area contributed by atoms with E-state index in [1.165, 1.54) is 34.2 Å². The number of nitrogens with one attached hydrogen (secondary N) is 1. The van der Waals surface area contributed by atoms with Crippen molar-refractivity contribution in [1.82, 2.24) is 14.5 Å². The van der Waals surface area contributed by atoms with Gasteiger partial charge in [0.25, 0.3) is 0 Å². The number of nitrogens with zero attached hydrogens (tertiary/aromatic N) is 2. The Balaban J connectivity index is 1.39. The first-order chi connectivity index (χ1) is 14.9. The lowest BCUT2D eigenvalue weighted by Crippen LogP contribution is -2.46. The molecule has 168 valence electrons. The number of hydrogen-bond donors (Lipinski definition) is 1. The number of sulfonamides is 1. The fourth-order valence-electron chi connectivity index (χ4n) is 4.42. The third-order valence-electron chi connectivity index (χ3n) is 6.13. The normalized spacial score (nSPS) is 21.8. The first-order valence-corrected chi connectivity index (χ1v) is 13.1. The molecule has 0 radical (unpaired) electrons. The number of thiophene rings is 1.